The first kappa shape index (κ1) is 21.7. The largest absolute Gasteiger partial charge is 0.507 e. The molecule has 4 aromatic rings. The van der Waals surface area contributed by atoms with Crippen molar-refractivity contribution in [1.29, 1.82) is 0 Å². The summed E-state index contributed by atoms with van der Waals surface area (Å²) in [5, 5.41) is 10.3. The minimum absolute atomic E-state index is 0.0561. The fraction of sp³-hybridized carbons (Fsp3) is 0.174. The van der Waals surface area contributed by atoms with Crippen LogP contribution in [0.3, 0.4) is 0 Å². The van der Waals surface area contributed by atoms with Gasteiger partial charge in [0.25, 0.3) is 10.0 Å². The molecule has 31 heavy (non-hydrogen) atoms. The highest BCUT2D eigenvalue weighted by Crippen LogP contribution is 2.39. The third-order valence-electron chi connectivity index (χ3n) is 4.71. The molecule has 0 unspecified atom stereocenters. The molecular weight excluding hydrogens is 448 g/mol. The number of fused-ring (bicyclic) bond motifs is 1. The summed E-state index contributed by atoms with van der Waals surface area (Å²) in [6.45, 7) is 6.24. The van der Waals surface area contributed by atoms with Crippen LogP contribution in [-0.4, -0.2) is 18.5 Å². The molecule has 0 radical (unpaired) electrons. The molecule has 0 aliphatic heterocycles. The minimum Gasteiger partial charge on any atom is -0.507 e. The standard InChI is InChI=1S/C23H22N2O3S3/c1-23(2,3)15-8-11-17(12-9-15)31(27,28)25-16-10-13-19(26)21(14-16)30-22-24-18-6-4-5-7-20(18)29-22/h4-14,25-26H,1-3H3. The average Bonchev–Trinajstić information content (AvgIpc) is 3.12. The molecule has 1 heterocycles. The number of nitrogens with one attached hydrogen (secondary N) is 1. The van der Waals surface area contributed by atoms with E-state index in [1.807, 2.05) is 36.4 Å². The Balaban J connectivity index is 1.57. The molecular formula is C23H22N2O3S3. The summed E-state index contributed by atoms with van der Waals surface area (Å²) in [4.78, 5) is 5.28. The Bertz CT molecular complexity index is 1310. The highest BCUT2D eigenvalue weighted by atomic mass is 32.2. The van der Waals surface area contributed by atoms with Gasteiger partial charge in [0.05, 0.1) is 25.7 Å². The number of phenols is 1. The predicted octanol–water partition coefficient (Wildman–Crippen LogP) is 6.25. The number of para-hydroxylation sites is 1. The molecule has 0 aliphatic rings. The number of phenolic OH excluding ortho intramolecular Hbond substituents is 1. The summed E-state index contributed by atoms with van der Waals surface area (Å²) in [6.07, 6.45) is 0. The van der Waals surface area contributed by atoms with Crippen LogP contribution < -0.4 is 4.72 Å². The van der Waals surface area contributed by atoms with Gasteiger partial charge in [0, 0.05) is 0 Å². The van der Waals surface area contributed by atoms with Gasteiger partial charge < -0.3 is 5.11 Å². The molecule has 1 aromatic heterocycles. The van der Waals surface area contributed by atoms with E-state index in [1.54, 1.807) is 24.3 Å². The molecule has 0 saturated heterocycles. The number of rotatable bonds is 5. The summed E-state index contributed by atoms with van der Waals surface area (Å²) in [5.41, 5.74) is 2.27. The molecule has 0 atom stereocenters. The van der Waals surface area contributed by atoms with E-state index in [-0.39, 0.29) is 16.1 Å². The molecule has 0 amide bonds. The molecule has 0 fully saturated rings. The van der Waals surface area contributed by atoms with Gasteiger partial charge in [-0.1, -0.05) is 56.8 Å². The Kier molecular flexibility index (Phi) is 5.72. The van der Waals surface area contributed by atoms with Crippen LogP contribution in [0.25, 0.3) is 10.2 Å². The van der Waals surface area contributed by atoms with E-state index >= 15 is 0 Å². The van der Waals surface area contributed by atoms with E-state index in [4.69, 9.17) is 0 Å². The van der Waals surface area contributed by atoms with Gasteiger partial charge in [-0.15, -0.1) is 11.3 Å². The molecule has 2 N–H and O–H groups in total. The zero-order chi connectivity index (χ0) is 22.2. The van der Waals surface area contributed by atoms with Crippen molar-refractivity contribution in [1.82, 2.24) is 4.98 Å². The molecule has 3 aromatic carbocycles. The van der Waals surface area contributed by atoms with Crippen molar-refractivity contribution >= 4 is 49.0 Å². The van der Waals surface area contributed by atoms with E-state index in [2.05, 4.69) is 30.5 Å². The second-order valence-electron chi connectivity index (χ2n) is 8.11. The molecule has 160 valence electrons. The summed E-state index contributed by atoms with van der Waals surface area (Å²) in [5.74, 6) is 0.0711. The zero-order valence-corrected chi connectivity index (χ0v) is 19.7. The molecule has 4 rings (SSSR count). The second kappa shape index (κ2) is 8.18. The number of anilines is 1. The third-order valence-corrected chi connectivity index (χ3v) is 8.26. The van der Waals surface area contributed by atoms with Crippen LogP contribution in [-0.2, 0) is 15.4 Å². The monoisotopic (exact) mass is 470 g/mol. The Hall–Kier alpha value is -2.55. The van der Waals surface area contributed by atoms with Crippen molar-refractivity contribution in [3.8, 4) is 5.75 Å². The Labute approximate surface area is 190 Å². The maximum Gasteiger partial charge on any atom is 0.261 e. The predicted molar refractivity (Wildman–Crippen MR) is 128 cm³/mol. The highest BCUT2D eigenvalue weighted by molar-refractivity contribution is 8.01. The molecule has 0 spiro atoms. The first-order chi connectivity index (χ1) is 14.6. The van der Waals surface area contributed by atoms with Gasteiger partial charge in [0.1, 0.15) is 5.75 Å². The van der Waals surface area contributed by atoms with Gasteiger partial charge in [-0.05, 0) is 53.4 Å². The maximum atomic E-state index is 12.8. The second-order valence-corrected chi connectivity index (χ2v) is 12.1. The Morgan fingerprint density at radius 2 is 1.71 bits per heavy atom. The normalized spacial score (nSPS) is 12.2. The number of aromatic nitrogens is 1. The lowest BCUT2D eigenvalue weighted by molar-refractivity contribution is 0.462. The van der Waals surface area contributed by atoms with Gasteiger partial charge in [-0.2, -0.15) is 0 Å². The molecule has 0 saturated carbocycles. The van der Waals surface area contributed by atoms with Crippen LogP contribution in [0.1, 0.15) is 26.3 Å². The number of nitrogens with zero attached hydrogens (tertiary/aromatic N) is 1. The molecule has 0 bridgehead atoms. The van der Waals surface area contributed by atoms with Gasteiger partial charge in [-0.3, -0.25) is 4.72 Å². The third kappa shape index (κ3) is 4.87. The fourth-order valence-corrected chi connectivity index (χ4v) is 6.14. The molecule has 5 nitrogen and oxygen atoms in total. The fourth-order valence-electron chi connectivity index (χ4n) is 3.00. The van der Waals surface area contributed by atoms with Crippen LogP contribution >= 0.6 is 23.1 Å². The Morgan fingerprint density at radius 3 is 2.39 bits per heavy atom. The van der Waals surface area contributed by atoms with Gasteiger partial charge >= 0.3 is 0 Å². The van der Waals surface area contributed by atoms with E-state index in [1.165, 1.54) is 29.2 Å². The lowest BCUT2D eigenvalue weighted by Crippen LogP contribution is -2.14. The highest BCUT2D eigenvalue weighted by Gasteiger charge is 2.18. The quantitative estimate of drug-likeness (QED) is 0.337. The first-order valence-electron chi connectivity index (χ1n) is 9.62. The van der Waals surface area contributed by atoms with Crippen molar-refractivity contribution in [3.63, 3.8) is 0 Å². The van der Waals surface area contributed by atoms with E-state index < -0.39 is 10.0 Å². The van der Waals surface area contributed by atoms with Crippen molar-refractivity contribution in [3.05, 3.63) is 72.3 Å². The minimum atomic E-state index is -3.75. The summed E-state index contributed by atoms with van der Waals surface area (Å²) in [6, 6.07) is 19.3. The van der Waals surface area contributed by atoms with Crippen molar-refractivity contribution < 1.29 is 13.5 Å². The van der Waals surface area contributed by atoms with Gasteiger partial charge in [0.2, 0.25) is 0 Å². The maximum absolute atomic E-state index is 12.8. The van der Waals surface area contributed by atoms with Crippen LogP contribution in [0, 0.1) is 0 Å². The van der Waals surface area contributed by atoms with Crippen LogP contribution in [0.2, 0.25) is 0 Å². The van der Waals surface area contributed by atoms with E-state index in [0.717, 1.165) is 20.1 Å². The number of benzene rings is 3. The summed E-state index contributed by atoms with van der Waals surface area (Å²) in [7, 11) is -3.75. The summed E-state index contributed by atoms with van der Waals surface area (Å²) >= 11 is 2.83. The van der Waals surface area contributed by atoms with Crippen LogP contribution in [0.4, 0.5) is 5.69 Å². The van der Waals surface area contributed by atoms with Gasteiger partial charge in [-0.25, -0.2) is 13.4 Å². The average molecular weight is 471 g/mol. The number of aromatic hydroxyl groups is 1. The zero-order valence-electron chi connectivity index (χ0n) is 17.3. The van der Waals surface area contributed by atoms with Gasteiger partial charge in [0.15, 0.2) is 4.34 Å². The summed E-state index contributed by atoms with van der Waals surface area (Å²) < 4.78 is 30.1. The Morgan fingerprint density at radius 1 is 1.00 bits per heavy atom. The lowest BCUT2D eigenvalue weighted by Gasteiger charge is -2.19. The molecule has 8 heteroatoms. The van der Waals surface area contributed by atoms with Crippen molar-refractivity contribution in [2.75, 3.05) is 4.72 Å². The topological polar surface area (TPSA) is 79.3 Å². The van der Waals surface area contributed by atoms with Crippen molar-refractivity contribution in [2.45, 2.75) is 40.3 Å². The molecule has 0 aliphatic carbocycles. The smallest absolute Gasteiger partial charge is 0.261 e. The van der Waals surface area contributed by atoms with E-state index in [0.29, 0.717) is 10.6 Å². The first-order valence-corrected chi connectivity index (χ1v) is 12.7. The number of sulfonamides is 1. The number of hydrogen-bond acceptors (Lipinski definition) is 6. The number of thiazole rings is 1. The van der Waals surface area contributed by atoms with E-state index in [9.17, 15) is 13.5 Å². The number of hydrogen-bond donors (Lipinski definition) is 2. The van der Waals surface area contributed by atoms with Crippen LogP contribution in [0.5, 0.6) is 5.75 Å². The lowest BCUT2D eigenvalue weighted by atomic mass is 9.87. The van der Waals surface area contributed by atoms with Crippen molar-refractivity contribution in [2.24, 2.45) is 0 Å². The SMILES string of the molecule is CC(C)(C)c1ccc(S(=O)(=O)Nc2ccc(O)c(Sc3nc4ccccc4s3)c2)cc1. The van der Waals surface area contributed by atoms with Crippen LogP contribution in [0.15, 0.2) is 80.9 Å².